The first kappa shape index (κ1) is 13.1. The summed E-state index contributed by atoms with van der Waals surface area (Å²) in [5.41, 5.74) is 0.658. The highest BCUT2D eigenvalue weighted by molar-refractivity contribution is 7.90. The van der Waals surface area contributed by atoms with Crippen molar-refractivity contribution in [3.8, 4) is 0 Å². The molecule has 1 N–H and O–H groups in total. The largest absolute Gasteiger partial charge is 0.379 e. The van der Waals surface area contributed by atoms with E-state index in [1.54, 1.807) is 29.5 Å². The normalized spacial score (nSPS) is 11.4. The predicted molar refractivity (Wildman–Crippen MR) is 75.9 cm³/mol. The van der Waals surface area contributed by atoms with E-state index in [0.717, 1.165) is 0 Å². The van der Waals surface area contributed by atoms with Crippen LogP contribution in [0, 0.1) is 6.92 Å². The minimum absolute atomic E-state index is 0.346. The van der Waals surface area contributed by atoms with Crippen LogP contribution in [-0.2, 0) is 16.4 Å². The van der Waals surface area contributed by atoms with Gasteiger partial charge in [-0.25, -0.2) is 8.42 Å². The quantitative estimate of drug-likeness (QED) is 0.937. The number of para-hydroxylation sites is 1. The van der Waals surface area contributed by atoms with Crippen LogP contribution in [0.3, 0.4) is 0 Å². The lowest BCUT2D eigenvalue weighted by Gasteiger charge is -2.09. The number of thiophene rings is 1. The molecule has 3 nitrogen and oxygen atoms in total. The van der Waals surface area contributed by atoms with E-state index >= 15 is 0 Å². The molecule has 5 heteroatoms. The maximum absolute atomic E-state index is 11.6. The molecule has 18 heavy (non-hydrogen) atoms. The number of sulfone groups is 1. The molecule has 0 aliphatic carbocycles. The number of rotatable bonds is 4. The Morgan fingerprint density at radius 1 is 1.17 bits per heavy atom. The van der Waals surface area contributed by atoms with Crippen LogP contribution in [0.2, 0.25) is 0 Å². The minimum Gasteiger partial charge on any atom is -0.379 e. The lowest BCUT2D eigenvalue weighted by atomic mass is 10.3. The first-order chi connectivity index (χ1) is 8.47. The van der Waals surface area contributed by atoms with Gasteiger partial charge >= 0.3 is 0 Å². The molecule has 0 fully saturated rings. The summed E-state index contributed by atoms with van der Waals surface area (Å²) >= 11 is 1.71. The number of nitrogens with one attached hydrogen (secondary N) is 1. The molecule has 0 atom stereocenters. The van der Waals surface area contributed by atoms with Crippen molar-refractivity contribution in [1.82, 2.24) is 0 Å². The molecule has 1 aromatic carbocycles. The Kier molecular flexibility index (Phi) is 3.73. The van der Waals surface area contributed by atoms with Crippen molar-refractivity contribution < 1.29 is 8.42 Å². The van der Waals surface area contributed by atoms with Crippen molar-refractivity contribution in [1.29, 1.82) is 0 Å². The van der Waals surface area contributed by atoms with Gasteiger partial charge in [-0.05, 0) is 31.2 Å². The Labute approximate surface area is 111 Å². The fourth-order valence-electron chi connectivity index (χ4n) is 1.70. The first-order valence-corrected chi connectivity index (χ1v) is 8.26. The Balaban J connectivity index is 2.20. The number of hydrogen-bond acceptors (Lipinski definition) is 4. The summed E-state index contributed by atoms with van der Waals surface area (Å²) in [6.07, 6.45) is 1.23. The molecule has 0 unspecified atom stereocenters. The number of aryl methyl sites for hydroxylation is 1. The standard InChI is InChI=1S/C13H15NO2S2/c1-10-7-8-11(17-10)9-14-12-5-3-4-6-13(12)18(2,15)16/h3-8,14H,9H2,1-2H3. The average Bonchev–Trinajstić information content (AvgIpc) is 2.72. The molecule has 0 aliphatic heterocycles. The maximum Gasteiger partial charge on any atom is 0.177 e. The van der Waals surface area contributed by atoms with Gasteiger partial charge in [-0.1, -0.05) is 12.1 Å². The third-order valence-corrected chi connectivity index (χ3v) is 4.69. The van der Waals surface area contributed by atoms with Gasteiger partial charge in [0, 0.05) is 22.6 Å². The zero-order valence-electron chi connectivity index (χ0n) is 10.3. The van der Waals surface area contributed by atoms with Crippen molar-refractivity contribution in [2.24, 2.45) is 0 Å². The Morgan fingerprint density at radius 3 is 2.50 bits per heavy atom. The van der Waals surface area contributed by atoms with E-state index < -0.39 is 9.84 Å². The van der Waals surface area contributed by atoms with Crippen LogP contribution in [0.5, 0.6) is 0 Å². The van der Waals surface area contributed by atoms with E-state index in [0.29, 0.717) is 17.1 Å². The van der Waals surface area contributed by atoms with Crippen molar-refractivity contribution >= 4 is 26.9 Å². The smallest absolute Gasteiger partial charge is 0.177 e. The zero-order chi connectivity index (χ0) is 13.2. The van der Waals surface area contributed by atoms with Gasteiger partial charge in [0.1, 0.15) is 0 Å². The summed E-state index contributed by atoms with van der Waals surface area (Å²) in [6, 6.07) is 11.1. The Morgan fingerprint density at radius 2 is 1.89 bits per heavy atom. The van der Waals surface area contributed by atoms with Gasteiger partial charge in [-0.3, -0.25) is 0 Å². The monoisotopic (exact) mass is 281 g/mol. The average molecular weight is 281 g/mol. The molecular formula is C13H15NO2S2. The third kappa shape index (κ3) is 3.11. The van der Waals surface area contributed by atoms with Crippen molar-refractivity contribution in [3.05, 3.63) is 46.2 Å². The molecule has 2 aromatic rings. The second-order valence-corrected chi connectivity index (χ2v) is 7.49. The van der Waals surface area contributed by atoms with Crippen molar-refractivity contribution in [2.45, 2.75) is 18.4 Å². The molecule has 0 amide bonds. The third-order valence-electron chi connectivity index (χ3n) is 2.54. The van der Waals surface area contributed by atoms with Crippen molar-refractivity contribution in [3.63, 3.8) is 0 Å². The molecule has 1 aromatic heterocycles. The second kappa shape index (κ2) is 5.12. The van der Waals surface area contributed by atoms with Gasteiger partial charge in [0.25, 0.3) is 0 Å². The highest BCUT2D eigenvalue weighted by Crippen LogP contribution is 2.22. The van der Waals surface area contributed by atoms with Gasteiger partial charge in [0.05, 0.1) is 10.6 Å². The lowest BCUT2D eigenvalue weighted by molar-refractivity contribution is 0.602. The molecule has 0 radical (unpaired) electrons. The van der Waals surface area contributed by atoms with E-state index in [-0.39, 0.29) is 0 Å². The van der Waals surface area contributed by atoms with E-state index in [4.69, 9.17) is 0 Å². The van der Waals surface area contributed by atoms with Gasteiger partial charge in [0.2, 0.25) is 0 Å². The molecule has 1 heterocycles. The van der Waals surface area contributed by atoms with E-state index in [1.807, 2.05) is 6.07 Å². The summed E-state index contributed by atoms with van der Waals surface area (Å²) in [5.74, 6) is 0. The molecular weight excluding hydrogens is 266 g/mol. The molecule has 0 saturated carbocycles. The minimum atomic E-state index is -3.19. The second-order valence-electron chi connectivity index (χ2n) is 4.13. The highest BCUT2D eigenvalue weighted by atomic mass is 32.2. The van der Waals surface area contributed by atoms with Crippen LogP contribution < -0.4 is 5.32 Å². The Bertz CT molecular complexity index is 645. The van der Waals surface area contributed by atoms with Gasteiger partial charge in [0.15, 0.2) is 9.84 Å². The van der Waals surface area contributed by atoms with E-state index in [1.165, 1.54) is 16.0 Å². The number of benzene rings is 1. The van der Waals surface area contributed by atoms with Crippen LogP contribution in [0.1, 0.15) is 9.75 Å². The van der Waals surface area contributed by atoms with Gasteiger partial charge in [-0.15, -0.1) is 11.3 Å². The van der Waals surface area contributed by atoms with Crippen LogP contribution in [0.4, 0.5) is 5.69 Å². The molecule has 0 spiro atoms. The van der Waals surface area contributed by atoms with E-state index in [9.17, 15) is 8.42 Å². The SMILES string of the molecule is Cc1ccc(CNc2ccccc2S(C)(=O)=O)s1. The van der Waals surface area contributed by atoms with E-state index in [2.05, 4.69) is 24.4 Å². The maximum atomic E-state index is 11.6. The van der Waals surface area contributed by atoms with Crippen LogP contribution in [0.15, 0.2) is 41.3 Å². The van der Waals surface area contributed by atoms with Crippen LogP contribution >= 0.6 is 11.3 Å². The number of anilines is 1. The molecule has 0 bridgehead atoms. The molecule has 0 saturated heterocycles. The van der Waals surface area contributed by atoms with Crippen LogP contribution in [-0.4, -0.2) is 14.7 Å². The zero-order valence-corrected chi connectivity index (χ0v) is 11.9. The molecule has 2 rings (SSSR count). The molecule has 0 aliphatic rings. The summed E-state index contributed by atoms with van der Waals surface area (Å²) in [7, 11) is -3.19. The fourth-order valence-corrected chi connectivity index (χ4v) is 3.39. The predicted octanol–water partition coefficient (Wildman–Crippen LogP) is 3.07. The first-order valence-electron chi connectivity index (χ1n) is 5.55. The highest BCUT2D eigenvalue weighted by Gasteiger charge is 2.12. The Hall–Kier alpha value is -1.33. The summed E-state index contributed by atoms with van der Waals surface area (Å²) in [6.45, 7) is 2.70. The van der Waals surface area contributed by atoms with Crippen LogP contribution in [0.25, 0.3) is 0 Å². The van der Waals surface area contributed by atoms with Gasteiger partial charge in [-0.2, -0.15) is 0 Å². The summed E-state index contributed by atoms with van der Waals surface area (Å²) in [5, 5.41) is 3.18. The fraction of sp³-hybridized carbons (Fsp3) is 0.231. The number of hydrogen-bond donors (Lipinski definition) is 1. The lowest BCUT2D eigenvalue weighted by Crippen LogP contribution is -2.05. The van der Waals surface area contributed by atoms with Crippen molar-refractivity contribution in [2.75, 3.05) is 11.6 Å². The van der Waals surface area contributed by atoms with Gasteiger partial charge < -0.3 is 5.32 Å². The summed E-state index contributed by atoms with van der Waals surface area (Å²) in [4.78, 5) is 2.79. The summed E-state index contributed by atoms with van der Waals surface area (Å²) < 4.78 is 23.3. The topological polar surface area (TPSA) is 46.2 Å². The molecule has 96 valence electrons.